The summed E-state index contributed by atoms with van der Waals surface area (Å²) in [6.45, 7) is 8.63. The lowest BCUT2D eigenvalue weighted by atomic mass is 10.0. The van der Waals surface area contributed by atoms with Crippen LogP contribution >= 0.6 is 0 Å². The quantitative estimate of drug-likeness (QED) is 0.801. The summed E-state index contributed by atoms with van der Waals surface area (Å²) in [7, 11) is -3.06. The van der Waals surface area contributed by atoms with Crippen molar-refractivity contribution in [2.45, 2.75) is 51.8 Å². The summed E-state index contributed by atoms with van der Waals surface area (Å²) in [5, 5.41) is 2.92. The highest BCUT2D eigenvalue weighted by molar-refractivity contribution is 7.92. The Kier molecular flexibility index (Phi) is 6.69. The van der Waals surface area contributed by atoms with Gasteiger partial charge in [-0.25, -0.2) is 8.42 Å². The number of hydrogen-bond donors (Lipinski definition) is 1. The molecule has 2 atom stereocenters. The standard InChI is InChI=1S/C16H27NO2S/c1-5-7-12-20(18,19)14(4)16(17-6-2)15-10-8-13(3)9-11-15/h8-11,14,16-17H,5-7,12H2,1-4H3. The Morgan fingerprint density at radius 2 is 1.75 bits per heavy atom. The van der Waals surface area contributed by atoms with Crippen LogP contribution in [0.1, 0.15) is 50.8 Å². The Labute approximate surface area is 123 Å². The summed E-state index contributed by atoms with van der Waals surface area (Å²) in [4.78, 5) is 0. The minimum atomic E-state index is -3.06. The van der Waals surface area contributed by atoms with Crippen LogP contribution < -0.4 is 5.32 Å². The molecule has 0 saturated heterocycles. The van der Waals surface area contributed by atoms with Crippen LogP contribution in [0.5, 0.6) is 0 Å². The predicted octanol–water partition coefficient (Wildman–Crippen LogP) is 3.25. The van der Waals surface area contributed by atoms with Crippen molar-refractivity contribution in [2.24, 2.45) is 0 Å². The van der Waals surface area contributed by atoms with Crippen molar-refractivity contribution in [3.63, 3.8) is 0 Å². The van der Waals surface area contributed by atoms with E-state index < -0.39 is 15.1 Å². The van der Waals surface area contributed by atoms with Crippen LogP contribution in [-0.2, 0) is 9.84 Å². The molecule has 0 aliphatic rings. The second-order valence-corrected chi connectivity index (χ2v) is 7.85. The number of benzene rings is 1. The van der Waals surface area contributed by atoms with Crippen LogP contribution in [0, 0.1) is 6.92 Å². The average molecular weight is 297 g/mol. The van der Waals surface area contributed by atoms with Crippen LogP contribution in [0.15, 0.2) is 24.3 Å². The van der Waals surface area contributed by atoms with Gasteiger partial charge in [0, 0.05) is 6.04 Å². The van der Waals surface area contributed by atoms with Crippen LogP contribution in [0.25, 0.3) is 0 Å². The molecule has 0 aliphatic heterocycles. The van der Waals surface area contributed by atoms with Gasteiger partial charge in [-0.2, -0.15) is 0 Å². The average Bonchev–Trinajstić information content (AvgIpc) is 2.43. The van der Waals surface area contributed by atoms with Gasteiger partial charge in [0.1, 0.15) is 0 Å². The molecule has 0 heterocycles. The third-order valence-corrected chi connectivity index (χ3v) is 5.94. The molecule has 1 rings (SSSR count). The molecule has 0 radical (unpaired) electrons. The van der Waals surface area contributed by atoms with Gasteiger partial charge in [-0.3, -0.25) is 0 Å². The van der Waals surface area contributed by atoms with E-state index in [-0.39, 0.29) is 11.8 Å². The summed E-state index contributed by atoms with van der Waals surface area (Å²) in [6.07, 6.45) is 1.64. The molecule has 0 amide bonds. The molecule has 1 aromatic rings. The molecule has 1 aromatic carbocycles. The van der Waals surface area contributed by atoms with Crippen molar-refractivity contribution in [2.75, 3.05) is 12.3 Å². The van der Waals surface area contributed by atoms with E-state index in [9.17, 15) is 8.42 Å². The van der Waals surface area contributed by atoms with Crippen molar-refractivity contribution in [3.05, 3.63) is 35.4 Å². The molecule has 0 spiro atoms. The van der Waals surface area contributed by atoms with Crippen molar-refractivity contribution in [1.29, 1.82) is 0 Å². The lowest BCUT2D eigenvalue weighted by Gasteiger charge is -2.25. The van der Waals surface area contributed by atoms with E-state index in [0.717, 1.165) is 24.9 Å². The number of hydrogen-bond acceptors (Lipinski definition) is 3. The van der Waals surface area contributed by atoms with Gasteiger partial charge in [0.05, 0.1) is 11.0 Å². The number of aryl methyl sites for hydroxylation is 1. The monoisotopic (exact) mass is 297 g/mol. The Morgan fingerprint density at radius 3 is 2.25 bits per heavy atom. The smallest absolute Gasteiger partial charge is 0.154 e. The lowest BCUT2D eigenvalue weighted by Crippen LogP contribution is -2.36. The number of sulfone groups is 1. The highest BCUT2D eigenvalue weighted by Crippen LogP contribution is 2.23. The van der Waals surface area contributed by atoms with Gasteiger partial charge in [-0.15, -0.1) is 0 Å². The van der Waals surface area contributed by atoms with E-state index in [4.69, 9.17) is 0 Å². The molecular weight excluding hydrogens is 270 g/mol. The zero-order chi connectivity index (χ0) is 15.2. The minimum Gasteiger partial charge on any atom is -0.309 e. The first-order valence-electron chi connectivity index (χ1n) is 7.43. The Morgan fingerprint density at radius 1 is 1.15 bits per heavy atom. The van der Waals surface area contributed by atoms with Gasteiger partial charge in [-0.05, 0) is 32.4 Å². The minimum absolute atomic E-state index is 0.137. The van der Waals surface area contributed by atoms with Gasteiger partial charge in [0.25, 0.3) is 0 Å². The summed E-state index contributed by atoms with van der Waals surface area (Å²) in [5.74, 6) is 0.276. The van der Waals surface area contributed by atoms with Crippen LogP contribution in [0.2, 0.25) is 0 Å². The molecule has 114 valence electrons. The van der Waals surface area contributed by atoms with Gasteiger partial charge in [-0.1, -0.05) is 50.1 Å². The Balaban J connectivity index is 2.98. The molecule has 4 heteroatoms. The van der Waals surface area contributed by atoms with E-state index in [2.05, 4.69) is 5.32 Å². The molecule has 3 nitrogen and oxygen atoms in total. The summed E-state index contributed by atoms with van der Waals surface area (Å²) >= 11 is 0. The SMILES string of the molecule is CCCCS(=O)(=O)C(C)C(NCC)c1ccc(C)cc1. The Hall–Kier alpha value is -0.870. The molecular formula is C16H27NO2S. The largest absolute Gasteiger partial charge is 0.309 e. The lowest BCUT2D eigenvalue weighted by molar-refractivity contribution is 0.508. The molecule has 0 aromatic heterocycles. The van der Waals surface area contributed by atoms with Crippen molar-refractivity contribution in [1.82, 2.24) is 5.32 Å². The molecule has 0 bridgehead atoms. The second-order valence-electron chi connectivity index (χ2n) is 5.37. The third-order valence-electron chi connectivity index (χ3n) is 3.68. The maximum atomic E-state index is 12.4. The maximum absolute atomic E-state index is 12.4. The van der Waals surface area contributed by atoms with Crippen LogP contribution in [0.3, 0.4) is 0 Å². The first-order valence-corrected chi connectivity index (χ1v) is 9.15. The molecule has 1 N–H and O–H groups in total. The van der Waals surface area contributed by atoms with Crippen molar-refractivity contribution < 1.29 is 8.42 Å². The fourth-order valence-electron chi connectivity index (χ4n) is 2.29. The van der Waals surface area contributed by atoms with E-state index in [1.807, 2.05) is 52.0 Å². The number of unbranched alkanes of at least 4 members (excludes halogenated alkanes) is 1. The molecule has 0 aliphatic carbocycles. The maximum Gasteiger partial charge on any atom is 0.154 e. The highest BCUT2D eigenvalue weighted by atomic mass is 32.2. The summed E-state index contributed by atoms with van der Waals surface area (Å²) in [5.41, 5.74) is 2.23. The fraction of sp³-hybridized carbons (Fsp3) is 0.625. The summed E-state index contributed by atoms with van der Waals surface area (Å²) in [6, 6.07) is 7.97. The van der Waals surface area contributed by atoms with E-state index in [1.54, 1.807) is 0 Å². The van der Waals surface area contributed by atoms with Crippen molar-refractivity contribution >= 4 is 9.84 Å². The van der Waals surface area contributed by atoms with E-state index >= 15 is 0 Å². The fourth-order valence-corrected chi connectivity index (χ4v) is 4.02. The first-order chi connectivity index (χ1) is 9.42. The van der Waals surface area contributed by atoms with E-state index in [1.165, 1.54) is 5.56 Å². The number of rotatable bonds is 8. The zero-order valence-electron chi connectivity index (χ0n) is 13.0. The van der Waals surface area contributed by atoms with Gasteiger partial charge < -0.3 is 5.32 Å². The van der Waals surface area contributed by atoms with Crippen LogP contribution in [-0.4, -0.2) is 26.0 Å². The topological polar surface area (TPSA) is 46.2 Å². The molecule has 20 heavy (non-hydrogen) atoms. The third kappa shape index (κ3) is 4.60. The predicted molar refractivity (Wildman–Crippen MR) is 85.8 cm³/mol. The molecule has 0 fully saturated rings. The molecule has 2 unspecified atom stereocenters. The van der Waals surface area contributed by atoms with Crippen molar-refractivity contribution in [3.8, 4) is 0 Å². The molecule has 0 saturated carbocycles. The zero-order valence-corrected chi connectivity index (χ0v) is 13.8. The van der Waals surface area contributed by atoms with E-state index in [0.29, 0.717) is 0 Å². The summed E-state index contributed by atoms with van der Waals surface area (Å²) < 4.78 is 24.8. The Bertz CT molecular complexity index is 494. The highest BCUT2D eigenvalue weighted by Gasteiger charge is 2.29. The first kappa shape index (κ1) is 17.2. The normalized spacial score (nSPS) is 15.0. The van der Waals surface area contributed by atoms with Gasteiger partial charge >= 0.3 is 0 Å². The van der Waals surface area contributed by atoms with Gasteiger partial charge in [0.15, 0.2) is 9.84 Å². The van der Waals surface area contributed by atoms with Crippen LogP contribution in [0.4, 0.5) is 0 Å². The number of nitrogens with one attached hydrogen (secondary N) is 1. The second kappa shape index (κ2) is 7.79. The van der Waals surface area contributed by atoms with Gasteiger partial charge in [0.2, 0.25) is 0 Å².